The maximum atomic E-state index is 14.0. The van der Waals surface area contributed by atoms with E-state index < -0.39 is 71.2 Å². The number of fused-ring (bicyclic) bond motifs is 1. The molecular weight excluding hydrogens is 592 g/mol. The van der Waals surface area contributed by atoms with Crippen LogP contribution >= 0.6 is 0 Å². The molecule has 2 aliphatic rings. The number of ether oxygens (including phenoxy) is 1. The number of rotatable bonds is 12. The van der Waals surface area contributed by atoms with Crippen molar-refractivity contribution in [3.8, 4) is 0 Å². The first-order chi connectivity index (χ1) is 21.3. The highest BCUT2D eigenvalue weighted by atomic mass is 16.6. The van der Waals surface area contributed by atoms with Gasteiger partial charge in [-0.1, -0.05) is 46.8 Å². The predicted octanol–water partition coefficient (Wildman–Crippen LogP) is 1.87. The van der Waals surface area contributed by atoms with E-state index in [-0.39, 0.29) is 30.2 Å². The molecule has 13 nitrogen and oxygen atoms in total. The Labute approximate surface area is 270 Å². The van der Waals surface area contributed by atoms with Crippen molar-refractivity contribution >= 4 is 35.5 Å². The summed E-state index contributed by atoms with van der Waals surface area (Å²) >= 11 is 0. The van der Waals surface area contributed by atoms with Gasteiger partial charge in [0.2, 0.25) is 23.5 Å². The summed E-state index contributed by atoms with van der Waals surface area (Å²) in [5, 5.41) is 10.3. The first kappa shape index (κ1) is 36.2. The molecule has 1 saturated carbocycles. The molecule has 0 aromatic carbocycles. The molecule has 0 bridgehead atoms. The quantitative estimate of drug-likeness (QED) is 0.198. The minimum atomic E-state index is -1.26. The van der Waals surface area contributed by atoms with Crippen LogP contribution in [0.4, 0.5) is 4.79 Å². The third kappa shape index (κ3) is 8.91. The van der Waals surface area contributed by atoms with E-state index in [0.29, 0.717) is 6.54 Å². The van der Waals surface area contributed by atoms with E-state index in [1.807, 2.05) is 13.8 Å². The molecule has 1 aromatic rings. The molecule has 1 saturated heterocycles. The van der Waals surface area contributed by atoms with Crippen molar-refractivity contribution in [2.24, 2.45) is 22.7 Å². The second-order valence-electron chi connectivity index (χ2n) is 14.6. The van der Waals surface area contributed by atoms with E-state index in [0.717, 1.165) is 5.56 Å². The number of Topliss-reactive ketones (excluding diaryl/α,β-unsaturated/α-hetero) is 1. The monoisotopic (exact) mass is 640 g/mol. The van der Waals surface area contributed by atoms with E-state index in [1.165, 1.54) is 11.0 Å². The lowest BCUT2D eigenvalue weighted by molar-refractivity contribution is -0.145. The van der Waals surface area contributed by atoms with Gasteiger partial charge in [-0.3, -0.25) is 29.0 Å². The largest absolute Gasteiger partial charge is 0.444 e. The van der Waals surface area contributed by atoms with Crippen LogP contribution in [-0.4, -0.2) is 82.2 Å². The smallest absolute Gasteiger partial charge is 0.408 e. The summed E-state index contributed by atoms with van der Waals surface area (Å²) in [4.78, 5) is 84.1. The third-order valence-electron chi connectivity index (χ3n) is 8.42. The van der Waals surface area contributed by atoms with Gasteiger partial charge in [-0.05, 0) is 61.5 Å². The fourth-order valence-corrected chi connectivity index (χ4v) is 5.88. The average Bonchev–Trinajstić information content (AvgIpc) is 3.27. The standard InChI is InChI=1S/C33H48N6O7/c1-10-12-21(25(41)28(43)36-17-22(40)35-16-19-13-11-14-34-15-19)37-27(42)24-23-20(33(23,8)9)18-39(24)29(44)26(31(2,3)4)38-30(45)46-32(5,6)7/h10-11,13-15,20-21,23-24,26H,1,12,16-18H2,2-9H3,(H,35,40)(H,36,43)(H,37,42)(H,38,45)/t20?,21?,23?,24-,26+/m0/s1. The number of alkyl carbamates (subject to hydrolysis) is 1. The summed E-state index contributed by atoms with van der Waals surface area (Å²) in [6, 6.07) is 0.311. The number of pyridine rings is 1. The zero-order valence-corrected chi connectivity index (χ0v) is 28.1. The molecule has 0 spiro atoms. The Kier molecular flexibility index (Phi) is 11.0. The van der Waals surface area contributed by atoms with Gasteiger partial charge in [-0.15, -0.1) is 6.58 Å². The second kappa shape index (κ2) is 14.0. The lowest BCUT2D eigenvalue weighted by atomic mass is 9.85. The number of nitrogens with zero attached hydrogens (tertiary/aromatic N) is 2. The molecule has 1 aliphatic carbocycles. The molecule has 46 heavy (non-hydrogen) atoms. The van der Waals surface area contributed by atoms with Crippen molar-refractivity contribution in [3.63, 3.8) is 0 Å². The van der Waals surface area contributed by atoms with Crippen molar-refractivity contribution in [2.75, 3.05) is 13.1 Å². The normalized spacial score (nSPS) is 21.1. The molecule has 3 rings (SSSR count). The van der Waals surface area contributed by atoms with Crippen LogP contribution < -0.4 is 21.3 Å². The molecule has 5 atom stereocenters. The van der Waals surface area contributed by atoms with E-state index in [9.17, 15) is 28.8 Å². The number of nitrogens with one attached hydrogen (secondary N) is 4. The van der Waals surface area contributed by atoms with Crippen LogP contribution in [0.5, 0.6) is 0 Å². The summed E-state index contributed by atoms with van der Waals surface area (Å²) in [6.45, 7) is 18.3. The van der Waals surface area contributed by atoms with E-state index in [4.69, 9.17) is 4.74 Å². The van der Waals surface area contributed by atoms with Crippen molar-refractivity contribution in [3.05, 3.63) is 42.7 Å². The van der Waals surface area contributed by atoms with Gasteiger partial charge in [0.15, 0.2) is 0 Å². The van der Waals surface area contributed by atoms with Crippen LogP contribution in [0.2, 0.25) is 0 Å². The molecule has 4 N–H and O–H groups in total. The number of piperidine rings is 1. The average molecular weight is 641 g/mol. The summed E-state index contributed by atoms with van der Waals surface area (Å²) in [6.07, 6.45) is 3.80. The molecular formula is C33H48N6O7. The summed E-state index contributed by atoms with van der Waals surface area (Å²) in [5.74, 6) is -3.67. The Balaban J connectivity index is 1.70. The van der Waals surface area contributed by atoms with Crippen LogP contribution in [0.25, 0.3) is 0 Å². The third-order valence-corrected chi connectivity index (χ3v) is 8.42. The van der Waals surface area contributed by atoms with E-state index in [1.54, 1.807) is 66.1 Å². The second-order valence-corrected chi connectivity index (χ2v) is 14.6. The van der Waals surface area contributed by atoms with Crippen molar-refractivity contribution in [1.29, 1.82) is 0 Å². The first-order valence-electron chi connectivity index (χ1n) is 15.5. The SMILES string of the molecule is C=CCC(NC(=O)[C@@H]1C2C(CN1C(=O)[C@@H](NC(=O)OC(C)(C)C)C(C)(C)C)C2(C)C)C(=O)C(=O)NCC(=O)NCc1cccnc1. The Hall–Kier alpha value is -4.29. The number of carbonyl (C=O) groups excluding carboxylic acids is 6. The highest BCUT2D eigenvalue weighted by molar-refractivity contribution is 6.38. The Morgan fingerprint density at radius 3 is 2.33 bits per heavy atom. The molecule has 5 amide bonds. The Morgan fingerprint density at radius 2 is 1.76 bits per heavy atom. The number of hydrogen-bond acceptors (Lipinski definition) is 8. The van der Waals surface area contributed by atoms with Crippen molar-refractivity contribution in [2.45, 2.75) is 92.1 Å². The first-order valence-corrected chi connectivity index (χ1v) is 15.5. The van der Waals surface area contributed by atoms with Crippen molar-refractivity contribution < 1.29 is 33.5 Å². The number of ketones is 1. The van der Waals surface area contributed by atoms with E-state index >= 15 is 0 Å². The zero-order valence-electron chi connectivity index (χ0n) is 28.1. The minimum absolute atomic E-state index is 0.0383. The lowest BCUT2D eigenvalue weighted by Crippen LogP contribution is -2.60. The fourth-order valence-electron chi connectivity index (χ4n) is 5.88. The summed E-state index contributed by atoms with van der Waals surface area (Å²) in [5.41, 5.74) is -0.962. The van der Waals surface area contributed by atoms with Gasteiger partial charge in [-0.25, -0.2) is 4.79 Å². The molecule has 0 radical (unpaired) electrons. The highest BCUT2D eigenvalue weighted by Crippen LogP contribution is 2.65. The van der Waals surface area contributed by atoms with Gasteiger partial charge in [-0.2, -0.15) is 0 Å². The van der Waals surface area contributed by atoms with Crippen LogP contribution in [0.15, 0.2) is 37.2 Å². The van der Waals surface area contributed by atoms with Gasteiger partial charge in [0.25, 0.3) is 5.91 Å². The van der Waals surface area contributed by atoms with Crippen LogP contribution in [0.1, 0.15) is 67.4 Å². The molecule has 2 fully saturated rings. The maximum absolute atomic E-state index is 14.0. The number of aromatic nitrogens is 1. The van der Waals surface area contributed by atoms with Crippen molar-refractivity contribution in [1.82, 2.24) is 31.2 Å². The van der Waals surface area contributed by atoms with Gasteiger partial charge in [0, 0.05) is 25.5 Å². The predicted molar refractivity (Wildman–Crippen MR) is 170 cm³/mol. The summed E-state index contributed by atoms with van der Waals surface area (Å²) < 4.78 is 5.40. The Morgan fingerprint density at radius 1 is 1.09 bits per heavy atom. The van der Waals surface area contributed by atoms with Gasteiger partial charge >= 0.3 is 6.09 Å². The molecule has 252 valence electrons. The van der Waals surface area contributed by atoms with Gasteiger partial charge in [0.05, 0.1) is 6.54 Å². The fraction of sp³-hybridized carbons (Fsp3) is 0.606. The molecule has 1 aliphatic heterocycles. The topological polar surface area (TPSA) is 176 Å². The highest BCUT2D eigenvalue weighted by Gasteiger charge is 2.70. The van der Waals surface area contributed by atoms with Crippen LogP contribution in [0, 0.1) is 22.7 Å². The maximum Gasteiger partial charge on any atom is 0.408 e. The minimum Gasteiger partial charge on any atom is -0.444 e. The van der Waals surface area contributed by atoms with E-state index in [2.05, 4.69) is 32.8 Å². The molecule has 2 heterocycles. The lowest BCUT2D eigenvalue weighted by Gasteiger charge is -2.38. The number of amides is 5. The number of likely N-dealkylation sites (tertiary alicyclic amines) is 1. The summed E-state index contributed by atoms with van der Waals surface area (Å²) in [7, 11) is 0. The molecule has 13 heteroatoms. The number of hydrogen-bond donors (Lipinski definition) is 4. The number of carbonyl (C=O) groups is 6. The molecule has 3 unspecified atom stereocenters. The van der Waals surface area contributed by atoms with Crippen LogP contribution in [0.3, 0.4) is 0 Å². The Bertz CT molecular complexity index is 1350. The van der Waals surface area contributed by atoms with Gasteiger partial charge in [0.1, 0.15) is 23.7 Å². The van der Waals surface area contributed by atoms with Gasteiger partial charge < -0.3 is 30.9 Å². The zero-order chi connectivity index (χ0) is 34.6. The molecule has 1 aromatic heterocycles. The van der Waals surface area contributed by atoms with Crippen LogP contribution in [-0.2, 0) is 35.3 Å².